The lowest BCUT2D eigenvalue weighted by Crippen LogP contribution is -2.40. The van der Waals surface area contributed by atoms with Crippen molar-refractivity contribution in [2.75, 3.05) is 19.3 Å². The summed E-state index contributed by atoms with van der Waals surface area (Å²) in [5, 5.41) is 10.4. The Labute approximate surface area is 118 Å². The largest absolute Gasteiger partial charge is 0.455 e. The van der Waals surface area contributed by atoms with Gasteiger partial charge in [0, 0.05) is 12.0 Å². The minimum Gasteiger partial charge on any atom is -0.455 e. The van der Waals surface area contributed by atoms with Gasteiger partial charge in [-0.3, -0.25) is 4.79 Å². The normalized spacial score (nSPS) is 25.8. The average molecular weight is 283 g/mol. The van der Waals surface area contributed by atoms with Gasteiger partial charge in [-0.25, -0.2) is 0 Å². The van der Waals surface area contributed by atoms with Crippen LogP contribution in [0.25, 0.3) is 0 Å². The lowest BCUT2D eigenvalue weighted by molar-refractivity contribution is -0.0108. The van der Waals surface area contributed by atoms with E-state index in [1.165, 1.54) is 0 Å². The van der Waals surface area contributed by atoms with E-state index in [0.717, 1.165) is 11.5 Å². The monoisotopic (exact) mass is 283 g/mol. The minimum atomic E-state index is -0.864. The lowest BCUT2D eigenvalue weighted by Gasteiger charge is -2.30. The van der Waals surface area contributed by atoms with Gasteiger partial charge in [-0.1, -0.05) is 13.8 Å². The van der Waals surface area contributed by atoms with Crippen molar-refractivity contribution in [3.05, 3.63) is 23.7 Å². The molecule has 1 fully saturated rings. The van der Waals surface area contributed by atoms with Crippen LogP contribution in [0.1, 0.15) is 37.1 Å². The van der Waals surface area contributed by atoms with Gasteiger partial charge in [-0.15, -0.1) is 0 Å². The van der Waals surface area contributed by atoms with Gasteiger partial charge in [0.25, 0.3) is 5.91 Å². The van der Waals surface area contributed by atoms with E-state index in [1.807, 2.05) is 26.2 Å². The van der Waals surface area contributed by atoms with Crippen molar-refractivity contribution in [1.82, 2.24) is 4.90 Å². The van der Waals surface area contributed by atoms with Gasteiger partial charge in [0.05, 0.1) is 17.9 Å². The number of hydrogen-bond acceptors (Lipinski definition) is 4. The molecule has 2 heterocycles. The first-order valence-electron chi connectivity index (χ1n) is 6.36. The van der Waals surface area contributed by atoms with Gasteiger partial charge in [-0.05, 0) is 25.3 Å². The molecule has 2 rings (SSSR count). The molecule has 106 valence electrons. The van der Waals surface area contributed by atoms with Crippen LogP contribution in [0.15, 0.2) is 16.5 Å². The third-order valence-corrected chi connectivity index (χ3v) is 4.56. The van der Waals surface area contributed by atoms with E-state index in [2.05, 4.69) is 0 Å². The number of amides is 1. The molecule has 4 nitrogen and oxygen atoms in total. The Bertz CT molecular complexity index is 463. The Morgan fingerprint density at radius 3 is 2.63 bits per heavy atom. The maximum absolute atomic E-state index is 12.4. The highest BCUT2D eigenvalue weighted by Crippen LogP contribution is 2.38. The molecule has 1 saturated heterocycles. The zero-order valence-corrected chi connectivity index (χ0v) is 12.7. The molecule has 0 aromatic carbocycles. The van der Waals surface area contributed by atoms with E-state index < -0.39 is 5.60 Å². The number of nitrogens with zero attached hydrogens (tertiary/aromatic N) is 1. The minimum absolute atomic E-state index is 0.141. The molecule has 1 N–H and O–H groups in total. The molecule has 5 heteroatoms. The van der Waals surface area contributed by atoms with Gasteiger partial charge >= 0.3 is 0 Å². The Morgan fingerprint density at radius 1 is 1.42 bits per heavy atom. The van der Waals surface area contributed by atoms with E-state index >= 15 is 0 Å². The highest BCUT2D eigenvalue weighted by Gasteiger charge is 2.49. The third-order valence-electron chi connectivity index (χ3n) is 3.99. The second-order valence-corrected chi connectivity index (χ2v) is 6.88. The van der Waals surface area contributed by atoms with Crippen molar-refractivity contribution in [3.8, 4) is 0 Å². The van der Waals surface area contributed by atoms with Crippen LogP contribution in [0.5, 0.6) is 0 Å². The molecule has 1 aromatic rings. The highest BCUT2D eigenvalue weighted by atomic mass is 32.2. The zero-order valence-electron chi connectivity index (χ0n) is 11.9. The fourth-order valence-electron chi connectivity index (χ4n) is 2.30. The molecular formula is C14H21NO3S. The maximum Gasteiger partial charge on any atom is 0.289 e. The van der Waals surface area contributed by atoms with Gasteiger partial charge in [-0.2, -0.15) is 11.8 Å². The molecule has 0 bridgehead atoms. The maximum atomic E-state index is 12.4. The molecule has 0 spiro atoms. The summed E-state index contributed by atoms with van der Waals surface area (Å²) in [5.41, 5.74) is -1.17. The van der Waals surface area contributed by atoms with Crippen LogP contribution >= 0.6 is 11.8 Å². The quantitative estimate of drug-likeness (QED) is 0.925. The summed E-state index contributed by atoms with van der Waals surface area (Å²) in [6, 6.07) is 3.55. The summed E-state index contributed by atoms with van der Waals surface area (Å²) in [5.74, 6) is 1.79. The standard InChI is InChI=1S/C14H21NO3S/c1-13(2)8-15(9-14(13,3)17)12(16)11-6-5-10(18-11)7-19-4/h5-6,17H,7-9H2,1-4H3. The van der Waals surface area contributed by atoms with E-state index in [-0.39, 0.29) is 11.3 Å². The van der Waals surface area contributed by atoms with Gasteiger partial charge in [0.1, 0.15) is 5.76 Å². The number of carbonyl (C=O) groups is 1. The number of hydrogen-bond donors (Lipinski definition) is 1. The number of carbonyl (C=O) groups excluding carboxylic acids is 1. The van der Waals surface area contributed by atoms with Crippen molar-refractivity contribution in [2.24, 2.45) is 5.41 Å². The Kier molecular flexibility index (Phi) is 3.71. The number of rotatable bonds is 3. The Balaban J connectivity index is 2.13. The van der Waals surface area contributed by atoms with E-state index in [9.17, 15) is 9.90 Å². The smallest absolute Gasteiger partial charge is 0.289 e. The summed E-state index contributed by atoms with van der Waals surface area (Å²) in [7, 11) is 0. The predicted molar refractivity (Wildman–Crippen MR) is 76.2 cm³/mol. The zero-order chi connectivity index (χ0) is 14.3. The van der Waals surface area contributed by atoms with Crippen LogP contribution < -0.4 is 0 Å². The first-order valence-corrected chi connectivity index (χ1v) is 7.75. The number of furan rings is 1. The molecule has 0 aliphatic carbocycles. The number of likely N-dealkylation sites (tertiary alicyclic amines) is 1. The first kappa shape index (κ1) is 14.5. The Hall–Kier alpha value is -0.940. The predicted octanol–water partition coefficient (Wildman–Crippen LogP) is 2.38. The molecule has 1 atom stereocenters. The summed E-state index contributed by atoms with van der Waals surface area (Å²) in [6.07, 6.45) is 1.99. The summed E-state index contributed by atoms with van der Waals surface area (Å²) in [6.45, 7) is 6.61. The van der Waals surface area contributed by atoms with Crippen molar-refractivity contribution < 1.29 is 14.3 Å². The Morgan fingerprint density at radius 2 is 2.11 bits per heavy atom. The van der Waals surface area contributed by atoms with Crippen molar-refractivity contribution in [3.63, 3.8) is 0 Å². The topological polar surface area (TPSA) is 53.7 Å². The average Bonchev–Trinajstić information content (AvgIpc) is 2.82. The second kappa shape index (κ2) is 4.87. The summed E-state index contributed by atoms with van der Waals surface area (Å²) in [4.78, 5) is 14.0. The number of aliphatic hydroxyl groups is 1. The molecular weight excluding hydrogens is 262 g/mol. The van der Waals surface area contributed by atoms with Crippen LogP contribution in [0.2, 0.25) is 0 Å². The first-order chi connectivity index (χ1) is 8.77. The van der Waals surface area contributed by atoms with Crippen LogP contribution in [0.3, 0.4) is 0 Å². The summed E-state index contributed by atoms with van der Waals surface area (Å²) < 4.78 is 5.54. The van der Waals surface area contributed by atoms with Crippen molar-refractivity contribution in [2.45, 2.75) is 32.1 Å². The van der Waals surface area contributed by atoms with Gasteiger partial charge in [0.15, 0.2) is 5.76 Å². The SMILES string of the molecule is CSCc1ccc(C(=O)N2CC(C)(C)C(C)(O)C2)o1. The third kappa shape index (κ3) is 2.67. The van der Waals surface area contributed by atoms with Crippen LogP contribution in [0.4, 0.5) is 0 Å². The molecule has 1 unspecified atom stereocenters. The molecule has 0 saturated carbocycles. The van der Waals surface area contributed by atoms with Crippen LogP contribution in [-0.4, -0.2) is 40.9 Å². The van der Waals surface area contributed by atoms with Crippen LogP contribution in [-0.2, 0) is 5.75 Å². The number of thioether (sulfide) groups is 1. The lowest BCUT2D eigenvalue weighted by atomic mass is 9.79. The molecule has 1 aliphatic rings. The van der Waals surface area contributed by atoms with E-state index in [4.69, 9.17) is 4.42 Å². The summed E-state index contributed by atoms with van der Waals surface area (Å²) >= 11 is 1.65. The fraction of sp³-hybridized carbons (Fsp3) is 0.643. The molecule has 0 radical (unpaired) electrons. The van der Waals surface area contributed by atoms with Gasteiger partial charge < -0.3 is 14.4 Å². The molecule has 19 heavy (non-hydrogen) atoms. The van der Waals surface area contributed by atoms with E-state index in [1.54, 1.807) is 29.7 Å². The molecule has 1 aromatic heterocycles. The van der Waals surface area contributed by atoms with Crippen molar-refractivity contribution in [1.29, 1.82) is 0 Å². The highest BCUT2D eigenvalue weighted by molar-refractivity contribution is 7.97. The van der Waals surface area contributed by atoms with Gasteiger partial charge in [0.2, 0.25) is 0 Å². The molecule has 1 aliphatic heterocycles. The second-order valence-electron chi connectivity index (χ2n) is 6.02. The van der Waals surface area contributed by atoms with Crippen LogP contribution in [0, 0.1) is 5.41 Å². The molecule has 1 amide bonds. The van der Waals surface area contributed by atoms with E-state index in [0.29, 0.717) is 18.8 Å². The fourth-order valence-corrected chi connectivity index (χ4v) is 2.74. The van der Waals surface area contributed by atoms with Crippen molar-refractivity contribution >= 4 is 17.7 Å². The number of β-amino-alcohol motifs (C(OH)–C–C–N with tert-alkyl or cyclic N) is 1.